The normalized spacial score (nSPS) is 10.6. The fourth-order valence-electron chi connectivity index (χ4n) is 3.04. The Morgan fingerprint density at radius 2 is 1.13 bits per heavy atom. The van der Waals surface area contributed by atoms with Gasteiger partial charge in [0.25, 0.3) is 0 Å². The molecule has 0 unspecified atom stereocenters. The molecular weight excluding hydrogens is 404 g/mol. The molecule has 4 aromatic rings. The van der Waals surface area contributed by atoms with Gasteiger partial charge in [-0.25, -0.2) is 0 Å². The van der Waals surface area contributed by atoms with E-state index in [1.807, 2.05) is 60.7 Å². The largest absolute Gasteiger partial charge is 0.457 e. The predicted octanol–water partition coefficient (Wildman–Crippen LogP) is 8.03. The van der Waals surface area contributed by atoms with Crippen molar-refractivity contribution in [3.8, 4) is 28.4 Å². The van der Waals surface area contributed by atoms with E-state index in [0.717, 1.165) is 40.4 Å². The zero-order valence-corrected chi connectivity index (χ0v) is 18.4. The van der Waals surface area contributed by atoms with Crippen LogP contribution in [-0.4, -0.2) is 0 Å². The molecule has 0 bridgehead atoms. The summed E-state index contributed by atoms with van der Waals surface area (Å²) in [6.45, 7) is 4.22. The zero-order chi connectivity index (χ0) is 21.5. The van der Waals surface area contributed by atoms with Crippen molar-refractivity contribution in [3.05, 3.63) is 108 Å². The second-order valence-corrected chi connectivity index (χ2v) is 7.97. The van der Waals surface area contributed by atoms with Crippen LogP contribution in [0.1, 0.15) is 18.1 Å². The molecule has 0 aromatic heterocycles. The first-order valence-electron chi connectivity index (χ1n) is 10.2. The summed E-state index contributed by atoms with van der Waals surface area (Å²) in [5, 5.41) is 0. The molecule has 156 valence electrons. The lowest BCUT2D eigenvalue weighted by molar-refractivity contribution is -0.0777. The average molecular weight is 429 g/mol. The first-order valence-corrected chi connectivity index (χ1v) is 11.0. The van der Waals surface area contributed by atoms with Gasteiger partial charge in [0, 0.05) is 4.90 Å². The highest BCUT2D eigenvalue weighted by Crippen LogP contribution is 2.28. The summed E-state index contributed by atoms with van der Waals surface area (Å²) in [6, 6.07) is 32.1. The van der Waals surface area contributed by atoms with Crippen LogP contribution < -0.4 is 9.62 Å². The van der Waals surface area contributed by atoms with Crippen LogP contribution in [0.4, 0.5) is 0 Å². The van der Waals surface area contributed by atoms with Gasteiger partial charge in [0.05, 0.1) is 12.0 Å². The molecule has 0 spiro atoms. The molecule has 0 amide bonds. The Morgan fingerprint density at radius 3 is 1.71 bits per heavy atom. The molecule has 0 fully saturated rings. The molecule has 3 nitrogen and oxygen atoms in total. The maximum Gasteiger partial charge on any atom is 0.166 e. The number of hydrogen-bond acceptors (Lipinski definition) is 4. The van der Waals surface area contributed by atoms with E-state index in [9.17, 15) is 0 Å². The number of rotatable bonds is 8. The molecule has 0 aliphatic carbocycles. The standard InChI is InChI=1S/C27H24O3S/c1-3-21-6-12-24(13-7-21)28-25-16-18-27(19-17-25)31-30-29-26-14-10-23(11-15-26)22-8-4-20(2)5-9-22/h4-19H,3H2,1-2H3. The van der Waals surface area contributed by atoms with Gasteiger partial charge in [0.1, 0.15) is 11.5 Å². The Balaban J connectivity index is 1.27. The molecule has 0 atom stereocenters. The van der Waals surface area contributed by atoms with Crippen LogP contribution in [-0.2, 0) is 10.8 Å². The first-order chi connectivity index (χ1) is 15.2. The maximum absolute atomic E-state index is 5.88. The molecule has 0 heterocycles. The smallest absolute Gasteiger partial charge is 0.166 e. The summed E-state index contributed by atoms with van der Waals surface area (Å²) >= 11 is 1.16. The molecule has 0 aliphatic heterocycles. The second kappa shape index (κ2) is 10.2. The summed E-state index contributed by atoms with van der Waals surface area (Å²) in [5.74, 6) is 2.26. The van der Waals surface area contributed by atoms with Crippen LogP contribution in [0.5, 0.6) is 17.2 Å². The molecular formula is C27H24O3S. The van der Waals surface area contributed by atoms with Crippen molar-refractivity contribution >= 4 is 12.0 Å². The summed E-state index contributed by atoms with van der Waals surface area (Å²) in [6.07, 6.45) is 1.02. The van der Waals surface area contributed by atoms with Crippen molar-refractivity contribution in [2.45, 2.75) is 25.2 Å². The fraction of sp³-hybridized carbons (Fsp3) is 0.111. The van der Waals surface area contributed by atoms with Gasteiger partial charge >= 0.3 is 0 Å². The number of benzene rings is 4. The molecule has 0 saturated heterocycles. The fourth-order valence-corrected chi connectivity index (χ4v) is 3.48. The van der Waals surface area contributed by atoms with Gasteiger partial charge < -0.3 is 9.62 Å². The number of ether oxygens (including phenoxy) is 1. The zero-order valence-electron chi connectivity index (χ0n) is 17.6. The Hall–Kier alpha value is -3.21. The highest BCUT2D eigenvalue weighted by Gasteiger charge is 2.03. The Kier molecular flexibility index (Phi) is 6.92. The lowest BCUT2D eigenvalue weighted by atomic mass is 10.0. The van der Waals surface area contributed by atoms with E-state index >= 15 is 0 Å². The van der Waals surface area contributed by atoms with E-state index in [4.69, 9.17) is 14.0 Å². The summed E-state index contributed by atoms with van der Waals surface area (Å²) < 4.78 is 11.2. The molecule has 4 aromatic carbocycles. The summed E-state index contributed by atoms with van der Waals surface area (Å²) in [7, 11) is 0. The van der Waals surface area contributed by atoms with Crippen LogP contribution in [0, 0.1) is 6.92 Å². The molecule has 0 radical (unpaired) electrons. The minimum Gasteiger partial charge on any atom is -0.457 e. The van der Waals surface area contributed by atoms with Crippen molar-refractivity contribution in [3.63, 3.8) is 0 Å². The molecule has 4 rings (SSSR count). The van der Waals surface area contributed by atoms with Crippen molar-refractivity contribution in [1.82, 2.24) is 0 Å². The minimum atomic E-state index is 0.652. The van der Waals surface area contributed by atoms with Gasteiger partial charge in [-0.1, -0.05) is 61.0 Å². The van der Waals surface area contributed by atoms with E-state index in [0.29, 0.717) is 5.75 Å². The lowest BCUT2D eigenvalue weighted by Gasteiger charge is -2.08. The molecule has 4 heteroatoms. The number of hydrogen-bond donors (Lipinski definition) is 0. The van der Waals surface area contributed by atoms with Crippen LogP contribution in [0.15, 0.2) is 102 Å². The first kappa shape index (κ1) is 21.0. The maximum atomic E-state index is 5.88. The van der Waals surface area contributed by atoms with Gasteiger partial charge in [-0.15, -0.1) is 4.33 Å². The molecule has 31 heavy (non-hydrogen) atoms. The second-order valence-electron chi connectivity index (χ2n) is 7.20. The molecule has 0 saturated carbocycles. The highest BCUT2D eigenvalue weighted by atomic mass is 32.2. The van der Waals surface area contributed by atoms with Crippen molar-refractivity contribution in [2.24, 2.45) is 0 Å². The van der Waals surface area contributed by atoms with E-state index in [2.05, 4.69) is 50.2 Å². The van der Waals surface area contributed by atoms with Gasteiger partial charge in [-0.3, -0.25) is 0 Å². The SMILES string of the molecule is CCc1ccc(Oc2ccc(SOOc3ccc(-c4ccc(C)cc4)cc3)cc2)cc1. The Bertz CT molecular complexity index is 1090. The van der Waals surface area contributed by atoms with Gasteiger partial charge in [0.2, 0.25) is 0 Å². The summed E-state index contributed by atoms with van der Waals surface area (Å²) in [5.41, 5.74) is 4.86. The monoisotopic (exact) mass is 428 g/mol. The average Bonchev–Trinajstić information content (AvgIpc) is 2.82. The third-order valence-electron chi connectivity index (χ3n) is 4.89. The topological polar surface area (TPSA) is 27.7 Å². The van der Waals surface area contributed by atoms with Gasteiger partial charge in [-0.05, 0) is 78.6 Å². The predicted molar refractivity (Wildman–Crippen MR) is 127 cm³/mol. The highest BCUT2D eigenvalue weighted by molar-refractivity contribution is 7.94. The van der Waals surface area contributed by atoms with Crippen LogP contribution >= 0.6 is 12.0 Å². The Labute approximate surface area is 187 Å². The number of aryl methyl sites for hydroxylation is 2. The van der Waals surface area contributed by atoms with Crippen LogP contribution in [0.3, 0.4) is 0 Å². The van der Waals surface area contributed by atoms with Crippen molar-refractivity contribution in [2.75, 3.05) is 0 Å². The van der Waals surface area contributed by atoms with Crippen LogP contribution in [0.25, 0.3) is 11.1 Å². The van der Waals surface area contributed by atoms with Gasteiger partial charge in [0.15, 0.2) is 5.75 Å². The third-order valence-corrected chi connectivity index (χ3v) is 5.49. The lowest BCUT2D eigenvalue weighted by Crippen LogP contribution is -1.90. The van der Waals surface area contributed by atoms with Gasteiger partial charge in [-0.2, -0.15) is 0 Å². The molecule has 0 N–H and O–H groups in total. The minimum absolute atomic E-state index is 0.652. The van der Waals surface area contributed by atoms with E-state index in [1.54, 1.807) is 0 Å². The van der Waals surface area contributed by atoms with Crippen molar-refractivity contribution < 1.29 is 14.0 Å². The quantitative estimate of drug-likeness (QED) is 0.161. The Morgan fingerprint density at radius 1 is 0.613 bits per heavy atom. The third kappa shape index (κ3) is 5.91. The van der Waals surface area contributed by atoms with E-state index < -0.39 is 0 Å². The summed E-state index contributed by atoms with van der Waals surface area (Å²) in [4.78, 5) is 6.32. The van der Waals surface area contributed by atoms with Crippen molar-refractivity contribution in [1.29, 1.82) is 0 Å². The van der Waals surface area contributed by atoms with E-state index in [1.165, 1.54) is 16.7 Å². The van der Waals surface area contributed by atoms with Crippen LogP contribution in [0.2, 0.25) is 0 Å². The molecule has 0 aliphatic rings. The van der Waals surface area contributed by atoms with E-state index in [-0.39, 0.29) is 0 Å².